The summed E-state index contributed by atoms with van der Waals surface area (Å²) in [7, 11) is -13.9. The summed E-state index contributed by atoms with van der Waals surface area (Å²) in [6.07, 6.45) is -0.862. The number of nitrogens with one attached hydrogen (secondary N) is 1. The molecule has 0 unspecified atom stereocenters. The second-order valence-electron chi connectivity index (χ2n) is 6.06. The summed E-state index contributed by atoms with van der Waals surface area (Å²) in [4.78, 5) is 89.4. The third kappa shape index (κ3) is 17.4. The molecule has 2 rings (SSSR count). The smallest absolute Gasteiger partial charge is 0.388 e. The number of aliphatic hydroxyl groups excluding tert-OH is 1. The van der Waals surface area contributed by atoms with Crippen LogP contribution in [0.15, 0.2) is 21.9 Å². The van der Waals surface area contributed by atoms with Gasteiger partial charge in [-0.05, 0) is 13.8 Å². The van der Waals surface area contributed by atoms with Crippen molar-refractivity contribution in [1.29, 1.82) is 0 Å². The van der Waals surface area contributed by atoms with Crippen LogP contribution in [-0.4, -0.2) is 76.4 Å². The van der Waals surface area contributed by atoms with E-state index in [4.69, 9.17) is 68.2 Å². The SMILES string of the molecule is C[C@H]1O[C@@H](n2ccc(=O)[nH]c2=O)[C@](C)(N)[C@@H]1O.O=P(O)(O)O.O=P(O)(O)O.O=P(O)(O)O. The van der Waals surface area contributed by atoms with E-state index in [0.29, 0.717) is 0 Å². The molecule has 13 N–H and O–H groups in total. The van der Waals surface area contributed by atoms with Crippen molar-refractivity contribution < 1.29 is 67.6 Å². The Morgan fingerprint density at radius 3 is 1.56 bits per heavy atom. The average molecular weight is 535 g/mol. The molecule has 0 aromatic carbocycles. The molecule has 4 atom stereocenters. The Balaban J connectivity index is 0. The lowest BCUT2D eigenvalue weighted by molar-refractivity contribution is -0.0170. The van der Waals surface area contributed by atoms with Crippen molar-refractivity contribution in [3.05, 3.63) is 33.1 Å². The van der Waals surface area contributed by atoms with Gasteiger partial charge in [-0.15, -0.1) is 0 Å². The highest BCUT2D eigenvalue weighted by Crippen LogP contribution is 2.35. The van der Waals surface area contributed by atoms with Gasteiger partial charge in [-0.25, -0.2) is 18.5 Å². The van der Waals surface area contributed by atoms with E-state index in [-0.39, 0.29) is 0 Å². The zero-order valence-electron chi connectivity index (χ0n) is 16.2. The molecule has 32 heavy (non-hydrogen) atoms. The van der Waals surface area contributed by atoms with Crippen LogP contribution in [0.2, 0.25) is 0 Å². The quantitative estimate of drug-likeness (QED) is 0.151. The zero-order valence-corrected chi connectivity index (χ0v) is 18.9. The van der Waals surface area contributed by atoms with Gasteiger partial charge in [0.2, 0.25) is 0 Å². The van der Waals surface area contributed by atoms with Crippen LogP contribution in [0.3, 0.4) is 0 Å². The van der Waals surface area contributed by atoms with Crippen molar-refractivity contribution in [2.75, 3.05) is 0 Å². The summed E-state index contributed by atoms with van der Waals surface area (Å²) in [6.45, 7) is 3.27. The van der Waals surface area contributed by atoms with Gasteiger partial charge in [0.25, 0.3) is 5.56 Å². The predicted octanol–water partition coefficient (Wildman–Crippen LogP) is -4.25. The minimum atomic E-state index is -4.64. The minimum absolute atomic E-state index is 0.478. The first-order valence-corrected chi connectivity index (χ1v) is 12.3. The number of hydrogen-bond donors (Lipinski definition) is 12. The molecule has 0 amide bonds. The monoisotopic (exact) mass is 535 g/mol. The number of aliphatic hydroxyl groups is 1. The van der Waals surface area contributed by atoms with E-state index in [1.807, 2.05) is 0 Å². The molecule has 19 nitrogen and oxygen atoms in total. The van der Waals surface area contributed by atoms with E-state index < -0.39 is 58.7 Å². The van der Waals surface area contributed by atoms with Gasteiger partial charge < -0.3 is 59.6 Å². The summed E-state index contributed by atoms with van der Waals surface area (Å²) in [5.41, 5.74) is 3.77. The maximum Gasteiger partial charge on any atom is 0.466 e. The Hall–Kier alpha value is -1.11. The Labute approximate surface area is 178 Å². The number of nitrogens with two attached hydrogens (primary N) is 1. The lowest BCUT2D eigenvalue weighted by Crippen LogP contribution is -2.53. The molecular formula is C10H24N3O16P3. The highest BCUT2D eigenvalue weighted by atomic mass is 31.2. The van der Waals surface area contributed by atoms with E-state index in [1.54, 1.807) is 13.8 Å². The van der Waals surface area contributed by atoms with Gasteiger partial charge in [0.1, 0.15) is 6.10 Å². The summed E-state index contributed by atoms with van der Waals surface area (Å²) in [5, 5.41) is 9.87. The average Bonchev–Trinajstić information content (AvgIpc) is 2.65. The number of phosphoric acid groups is 3. The first-order valence-electron chi connectivity index (χ1n) is 7.62. The molecule has 190 valence electrons. The molecule has 0 bridgehead atoms. The Kier molecular flexibility index (Phi) is 12.8. The number of H-pyrrole nitrogens is 1. The second-order valence-corrected chi connectivity index (χ2v) is 9.14. The van der Waals surface area contributed by atoms with Crippen LogP contribution in [0.4, 0.5) is 0 Å². The number of hydrogen-bond acceptors (Lipinski definition) is 8. The van der Waals surface area contributed by atoms with Crippen molar-refractivity contribution in [3.63, 3.8) is 0 Å². The number of rotatable bonds is 1. The van der Waals surface area contributed by atoms with E-state index in [2.05, 4.69) is 4.98 Å². The molecule has 0 aliphatic carbocycles. The van der Waals surface area contributed by atoms with Crippen molar-refractivity contribution in [3.8, 4) is 0 Å². The van der Waals surface area contributed by atoms with Crippen LogP contribution in [0.5, 0.6) is 0 Å². The van der Waals surface area contributed by atoms with Crippen molar-refractivity contribution in [2.24, 2.45) is 5.73 Å². The van der Waals surface area contributed by atoms with Gasteiger partial charge in [0, 0.05) is 12.3 Å². The molecule has 1 aromatic heterocycles. The fourth-order valence-corrected chi connectivity index (χ4v) is 2.05. The maximum atomic E-state index is 11.6. The first kappa shape index (κ1) is 33.1. The van der Waals surface area contributed by atoms with Gasteiger partial charge in [-0.2, -0.15) is 0 Å². The molecule has 0 spiro atoms. The van der Waals surface area contributed by atoms with Crippen molar-refractivity contribution in [1.82, 2.24) is 9.55 Å². The van der Waals surface area contributed by atoms with Crippen LogP contribution in [0, 0.1) is 0 Å². The predicted molar refractivity (Wildman–Crippen MR) is 102 cm³/mol. The molecular weight excluding hydrogens is 511 g/mol. The van der Waals surface area contributed by atoms with E-state index >= 15 is 0 Å². The normalized spacial score (nSPS) is 25.3. The molecule has 1 saturated heterocycles. The highest BCUT2D eigenvalue weighted by Gasteiger charge is 2.50. The topological polar surface area (TPSA) is 344 Å². The first-order chi connectivity index (χ1) is 13.8. The molecule has 1 aliphatic rings. The van der Waals surface area contributed by atoms with Crippen LogP contribution in [0.1, 0.15) is 20.1 Å². The largest absolute Gasteiger partial charge is 0.466 e. The van der Waals surface area contributed by atoms with E-state index in [9.17, 15) is 14.7 Å². The molecule has 1 fully saturated rings. The van der Waals surface area contributed by atoms with Gasteiger partial charge in [-0.1, -0.05) is 0 Å². The molecule has 22 heteroatoms. The third-order valence-corrected chi connectivity index (χ3v) is 3.06. The second kappa shape index (κ2) is 12.4. The highest BCUT2D eigenvalue weighted by molar-refractivity contribution is 7.45. The van der Waals surface area contributed by atoms with Gasteiger partial charge in [0.15, 0.2) is 6.23 Å². The summed E-state index contributed by atoms with van der Waals surface area (Å²) < 4.78 is 33.3. The van der Waals surface area contributed by atoms with Crippen LogP contribution >= 0.6 is 23.5 Å². The summed E-state index contributed by atoms with van der Waals surface area (Å²) in [6, 6.07) is 1.20. The van der Waals surface area contributed by atoms with Gasteiger partial charge in [-0.3, -0.25) is 14.3 Å². The molecule has 2 heterocycles. The number of nitrogens with zero attached hydrogens (tertiary/aromatic N) is 1. The van der Waals surface area contributed by atoms with E-state index in [0.717, 1.165) is 0 Å². The lowest BCUT2D eigenvalue weighted by Gasteiger charge is -2.28. The Bertz CT molecular complexity index is 900. The van der Waals surface area contributed by atoms with Gasteiger partial charge in [0.05, 0.1) is 11.6 Å². The molecule has 0 radical (unpaired) electrons. The molecule has 1 aromatic rings. The van der Waals surface area contributed by atoms with E-state index in [1.165, 1.54) is 16.8 Å². The summed E-state index contributed by atoms with van der Waals surface area (Å²) in [5.74, 6) is 0. The summed E-state index contributed by atoms with van der Waals surface area (Å²) >= 11 is 0. The molecule has 1 aliphatic heterocycles. The zero-order chi connectivity index (χ0) is 26.3. The minimum Gasteiger partial charge on any atom is -0.388 e. The number of aromatic nitrogens is 2. The maximum absolute atomic E-state index is 11.6. The Morgan fingerprint density at radius 2 is 1.31 bits per heavy atom. The van der Waals surface area contributed by atoms with Crippen molar-refractivity contribution in [2.45, 2.75) is 37.8 Å². The van der Waals surface area contributed by atoms with Crippen LogP contribution < -0.4 is 17.0 Å². The Morgan fingerprint density at radius 1 is 0.969 bits per heavy atom. The van der Waals surface area contributed by atoms with Crippen molar-refractivity contribution >= 4 is 23.5 Å². The van der Waals surface area contributed by atoms with Gasteiger partial charge >= 0.3 is 29.2 Å². The lowest BCUT2D eigenvalue weighted by atomic mass is 9.94. The standard InChI is InChI=1S/C10H15N3O4.3H3O4P/c1-5-7(15)10(2,11)8(17-5)13-4-3-6(14)12-9(13)16;3*1-5(2,3)4/h3-5,7-8,15H,11H2,1-2H3,(H,12,14,16);3*(H3,1,2,3,4)/t5-,7-,8-,10-;;;/m1.../s1. The number of aromatic amines is 1. The fourth-order valence-electron chi connectivity index (χ4n) is 2.05. The van der Waals surface area contributed by atoms with Crippen LogP contribution in [-0.2, 0) is 18.4 Å². The molecule has 0 saturated carbocycles. The van der Waals surface area contributed by atoms with Crippen LogP contribution in [0.25, 0.3) is 0 Å². The fraction of sp³-hybridized carbons (Fsp3) is 0.600. The third-order valence-electron chi connectivity index (χ3n) is 3.06. The number of ether oxygens (including phenoxy) is 1.